The Morgan fingerprint density at radius 1 is 1.57 bits per heavy atom. The summed E-state index contributed by atoms with van der Waals surface area (Å²) < 4.78 is 10.2. The average molecular weight is 198 g/mol. The molecular formula is C11H18O3. The molecule has 3 heteroatoms. The van der Waals surface area contributed by atoms with Crippen LogP contribution in [-0.4, -0.2) is 25.3 Å². The first-order valence-electron chi connectivity index (χ1n) is 5.05. The van der Waals surface area contributed by atoms with Gasteiger partial charge in [0.25, 0.3) is 0 Å². The quantitative estimate of drug-likeness (QED) is 0.514. The summed E-state index contributed by atoms with van der Waals surface area (Å²) in [6, 6.07) is 0. The van der Waals surface area contributed by atoms with E-state index in [1.54, 1.807) is 0 Å². The molecule has 80 valence electrons. The summed E-state index contributed by atoms with van der Waals surface area (Å²) in [6.07, 6.45) is 7.50. The van der Waals surface area contributed by atoms with Gasteiger partial charge in [0.15, 0.2) is 0 Å². The number of rotatable bonds is 3. The van der Waals surface area contributed by atoms with E-state index >= 15 is 0 Å². The first-order valence-corrected chi connectivity index (χ1v) is 5.05. The van der Waals surface area contributed by atoms with E-state index in [0.29, 0.717) is 0 Å². The number of ether oxygens (including phenoxy) is 2. The maximum absolute atomic E-state index is 10.8. The lowest BCUT2D eigenvalue weighted by molar-refractivity contribution is -0.134. The molecule has 0 N–H and O–H groups in total. The standard InChI is InChI=1S/C11H18O3/c1-11(7-3-4-9-14-11)8-5-6-10(12)13-2/h5-6H,3-4,7-9H2,1-2H3/b6-5+. The van der Waals surface area contributed by atoms with Crippen LogP contribution < -0.4 is 0 Å². The van der Waals surface area contributed by atoms with Gasteiger partial charge in [0, 0.05) is 12.7 Å². The van der Waals surface area contributed by atoms with E-state index in [-0.39, 0.29) is 11.6 Å². The van der Waals surface area contributed by atoms with E-state index in [4.69, 9.17) is 4.74 Å². The second-order valence-corrected chi connectivity index (χ2v) is 3.89. The van der Waals surface area contributed by atoms with Crippen LogP contribution in [0.15, 0.2) is 12.2 Å². The first-order chi connectivity index (χ1) is 6.66. The molecule has 0 amide bonds. The number of methoxy groups -OCH3 is 1. The number of hydrogen-bond donors (Lipinski definition) is 0. The fourth-order valence-electron chi connectivity index (χ4n) is 1.63. The zero-order valence-corrected chi connectivity index (χ0v) is 8.91. The molecule has 0 saturated carbocycles. The van der Waals surface area contributed by atoms with Crippen molar-refractivity contribution >= 4 is 5.97 Å². The third-order valence-corrected chi connectivity index (χ3v) is 2.56. The van der Waals surface area contributed by atoms with Gasteiger partial charge >= 0.3 is 5.97 Å². The Balaban J connectivity index is 2.35. The van der Waals surface area contributed by atoms with Gasteiger partial charge < -0.3 is 9.47 Å². The summed E-state index contributed by atoms with van der Waals surface area (Å²) in [5.41, 5.74) is -0.0806. The van der Waals surface area contributed by atoms with Crippen LogP contribution in [0.5, 0.6) is 0 Å². The molecule has 0 spiro atoms. The van der Waals surface area contributed by atoms with Gasteiger partial charge in [-0.25, -0.2) is 4.79 Å². The Bertz CT molecular complexity index is 215. The van der Waals surface area contributed by atoms with Gasteiger partial charge in [0.2, 0.25) is 0 Å². The summed E-state index contributed by atoms with van der Waals surface area (Å²) in [6.45, 7) is 2.93. The number of esters is 1. The molecule has 0 aromatic rings. The molecule has 1 atom stereocenters. The summed E-state index contributed by atoms with van der Waals surface area (Å²) >= 11 is 0. The van der Waals surface area contributed by atoms with Gasteiger partial charge in [-0.1, -0.05) is 6.08 Å². The van der Waals surface area contributed by atoms with Crippen LogP contribution in [0.4, 0.5) is 0 Å². The fourth-order valence-corrected chi connectivity index (χ4v) is 1.63. The molecule has 1 heterocycles. The van der Waals surface area contributed by atoms with Crippen molar-refractivity contribution in [3.8, 4) is 0 Å². The zero-order valence-electron chi connectivity index (χ0n) is 8.91. The minimum absolute atomic E-state index is 0.0806. The van der Waals surface area contributed by atoms with E-state index in [9.17, 15) is 4.79 Å². The highest BCUT2D eigenvalue weighted by Gasteiger charge is 2.26. The molecule has 0 radical (unpaired) electrons. The van der Waals surface area contributed by atoms with Crippen LogP contribution >= 0.6 is 0 Å². The molecule has 1 unspecified atom stereocenters. The van der Waals surface area contributed by atoms with Crippen LogP contribution in [0.1, 0.15) is 32.6 Å². The highest BCUT2D eigenvalue weighted by Crippen LogP contribution is 2.27. The van der Waals surface area contributed by atoms with Gasteiger partial charge in [-0.3, -0.25) is 0 Å². The molecule has 3 nitrogen and oxygen atoms in total. The monoisotopic (exact) mass is 198 g/mol. The maximum atomic E-state index is 10.8. The molecule has 0 bridgehead atoms. The van der Waals surface area contributed by atoms with Gasteiger partial charge in [-0.05, 0) is 32.6 Å². The fraction of sp³-hybridized carbons (Fsp3) is 0.727. The Kier molecular flexibility index (Phi) is 4.14. The van der Waals surface area contributed by atoms with Crippen molar-refractivity contribution in [2.75, 3.05) is 13.7 Å². The Morgan fingerprint density at radius 3 is 2.93 bits per heavy atom. The second kappa shape index (κ2) is 5.15. The van der Waals surface area contributed by atoms with Crippen molar-refractivity contribution in [3.05, 3.63) is 12.2 Å². The van der Waals surface area contributed by atoms with E-state index in [2.05, 4.69) is 11.7 Å². The second-order valence-electron chi connectivity index (χ2n) is 3.89. The lowest BCUT2D eigenvalue weighted by Gasteiger charge is -2.32. The van der Waals surface area contributed by atoms with Crippen molar-refractivity contribution < 1.29 is 14.3 Å². The van der Waals surface area contributed by atoms with E-state index in [1.807, 2.05) is 6.08 Å². The molecule has 1 fully saturated rings. The van der Waals surface area contributed by atoms with E-state index < -0.39 is 0 Å². The molecule has 1 aliphatic heterocycles. The minimum Gasteiger partial charge on any atom is -0.466 e. The highest BCUT2D eigenvalue weighted by atomic mass is 16.5. The molecule has 1 saturated heterocycles. The van der Waals surface area contributed by atoms with Crippen LogP contribution in [0, 0.1) is 0 Å². The molecule has 0 aromatic carbocycles. The predicted octanol–water partition coefficient (Wildman–Crippen LogP) is 2.06. The Hall–Kier alpha value is -0.830. The van der Waals surface area contributed by atoms with Crippen molar-refractivity contribution in [1.29, 1.82) is 0 Å². The largest absolute Gasteiger partial charge is 0.466 e. The Morgan fingerprint density at radius 2 is 2.36 bits per heavy atom. The lowest BCUT2D eigenvalue weighted by atomic mass is 9.92. The van der Waals surface area contributed by atoms with Gasteiger partial charge in [-0.2, -0.15) is 0 Å². The first kappa shape index (κ1) is 11.2. The van der Waals surface area contributed by atoms with Gasteiger partial charge in [-0.15, -0.1) is 0 Å². The zero-order chi connectivity index (χ0) is 10.4. The average Bonchev–Trinajstić information content (AvgIpc) is 2.18. The summed E-state index contributed by atoms with van der Waals surface area (Å²) in [7, 11) is 1.38. The van der Waals surface area contributed by atoms with Crippen LogP contribution in [0.3, 0.4) is 0 Å². The molecule has 1 rings (SSSR count). The van der Waals surface area contributed by atoms with Gasteiger partial charge in [0.1, 0.15) is 0 Å². The number of hydrogen-bond acceptors (Lipinski definition) is 3. The van der Waals surface area contributed by atoms with E-state index in [0.717, 1.165) is 25.9 Å². The molecular weight excluding hydrogens is 180 g/mol. The number of carbonyl (C=O) groups excluding carboxylic acids is 1. The third-order valence-electron chi connectivity index (χ3n) is 2.56. The SMILES string of the molecule is COC(=O)/C=C/CC1(C)CCCCO1. The van der Waals surface area contributed by atoms with Crippen molar-refractivity contribution in [2.45, 2.75) is 38.2 Å². The smallest absolute Gasteiger partial charge is 0.330 e. The highest BCUT2D eigenvalue weighted by molar-refractivity contribution is 5.81. The molecule has 0 aromatic heterocycles. The topological polar surface area (TPSA) is 35.5 Å². The summed E-state index contributed by atoms with van der Waals surface area (Å²) in [5, 5.41) is 0. The van der Waals surface area contributed by atoms with Crippen LogP contribution in [-0.2, 0) is 14.3 Å². The number of carbonyl (C=O) groups is 1. The predicted molar refractivity (Wildman–Crippen MR) is 54.0 cm³/mol. The van der Waals surface area contributed by atoms with Crippen LogP contribution in [0.2, 0.25) is 0 Å². The summed E-state index contributed by atoms with van der Waals surface area (Å²) in [5.74, 6) is -0.301. The lowest BCUT2D eigenvalue weighted by Crippen LogP contribution is -2.32. The van der Waals surface area contributed by atoms with Crippen LogP contribution in [0.25, 0.3) is 0 Å². The maximum Gasteiger partial charge on any atom is 0.330 e. The third kappa shape index (κ3) is 3.50. The summed E-state index contributed by atoms with van der Waals surface area (Å²) in [4.78, 5) is 10.8. The van der Waals surface area contributed by atoms with Crippen molar-refractivity contribution in [1.82, 2.24) is 0 Å². The van der Waals surface area contributed by atoms with Gasteiger partial charge in [0.05, 0.1) is 12.7 Å². The van der Waals surface area contributed by atoms with E-state index in [1.165, 1.54) is 19.6 Å². The molecule has 1 aliphatic rings. The normalized spacial score (nSPS) is 27.9. The Labute approximate surface area is 85.1 Å². The minimum atomic E-state index is -0.301. The van der Waals surface area contributed by atoms with Crippen molar-refractivity contribution in [3.63, 3.8) is 0 Å². The molecule has 0 aliphatic carbocycles. The molecule has 14 heavy (non-hydrogen) atoms. The van der Waals surface area contributed by atoms with Crippen molar-refractivity contribution in [2.24, 2.45) is 0 Å².